The minimum absolute atomic E-state index is 0.0535. The minimum atomic E-state index is -0.0610. The first kappa shape index (κ1) is 8.05. The molecule has 0 aliphatic carbocycles. The summed E-state index contributed by atoms with van der Waals surface area (Å²) in [5.74, 6) is -0.0610. The summed E-state index contributed by atoms with van der Waals surface area (Å²) in [6, 6.07) is 0. The van der Waals surface area contributed by atoms with E-state index in [-0.39, 0.29) is 18.2 Å². The Labute approximate surface area is 72.0 Å². The smallest absolute Gasteiger partial charge is 0.306 e. The number of carbonyl (C=O) groups excluding carboxylic acids is 1. The molecule has 2 rings (SSSR count). The molecule has 2 atom stereocenters. The number of cyclic esters (lactones) is 1. The van der Waals surface area contributed by atoms with Gasteiger partial charge >= 0.3 is 5.97 Å². The van der Waals surface area contributed by atoms with Crippen LogP contribution in [-0.4, -0.2) is 24.8 Å². The van der Waals surface area contributed by atoms with Crippen molar-refractivity contribution in [2.45, 2.75) is 44.3 Å². The van der Waals surface area contributed by atoms with Crippen LogP contribution in [0, 0.1) is 0 Å². The maximum atomic E-state index is 10.8. The highest BCUT2D eigenvalue weighted by atomic mass is 16.6. The highest BCUT2D eigenvalue weighted by Crippen LogP contribution is 2.25. The molecule has 68 valence electrons. The van der Waals surface area contributed by atoms with E-state index in [0.29, 0.717) is 6.42 Å². The molecule has 2 saturated heterocycles. The lowest BCUT2D eigenvalue weighted by Crippen LogP contribution is -2.31. The summed E-state index contributed by atoms with van der Waals surface area (Å²) in [6.07, 6.45) is 5.07. The fourth-order valence-corrected chi connectivity index (χ4v) is 1.87. The summed E-state index contributed by atoms with van der Waals surface area (Å²) in [5.41, 5.74) is 0. The molecule has 0 aromatic rings. The molecule has 2 aliphatic rings. The zero-order valence-corrected chi connectivity index (χ0v) is 7.12. The number of esters is 1. The molecule has 0 aromatic carbocycles. The molecule has 0 radical (unpaired) electrons. The van der Waals surface area contributed by atoms with Crippen LogP contribution in [0.2, 0.25) is 0 Å². The van der Waals surface area contributed by atoms with Crippen molar-refractivity contribution in [1.82, 2.24) is 0 Å². The lowest BCUT2D eigenvalue weighted by molar-refractivity contribution is -0.149. The van der Waals surface area contributed by atoms with Crippen LogP contribution in [0.3, 0.4) is 0 Å². The zero-order chi connectivity index (χ0) is 8.39. The molecule has 0 aromatic heterocycles. The number of rotatable bonds is 1. The Balaban J connectivity index is 1.86. The Bertz CT molecular complexity index is 173. The van der Waals surface area contributed by atoms with Gasteiger partial charge in [-0.25, -0.2) is 0 Å². The Morgan fingerprint density at radius 2 is 2.08 bits per heavy atom. The van der Waals surface area contributed by atoms with Gasteiger partial charge in [0.25, 0.3) is 0 Å². The van der Waals surface area contributed by atoms with Crippen LogP contribution >= 0.6 is 0 Å². The van der Waals surface area contributed by atoms with E-state index in [9.17, 15) is 4.79 Å². The van der Waals surface area contributed by atoms with E-state index in [1.807, 2.05) is 0 Å². The average Bonchev–Trinajstić information content (AvgIpc) is 2.54. The molecule has 2 fully saturated rings. The second-order valence-electron chi connectivity index (χ2n) is 3.47. The zero-order valence-electron chi connectivity index (χ0n) is 7.12. The predicted molar refractivity (Wildman–Crippen MR) is 42.7 cm³/mol. The second-order valence-corrected chi connectivity index (χ2v) is 3.47. The van der Waals surface area contributed by atoms with Crippen molar-refractivity contribution in [1.29, 1.82) is 0 Å². The van der Waals surface area contributed by atoms with Crippen LogP contribution < -0.4 is 0 Å². The van der Waals surface area contributed by atoms with Gasteiger partial charge in [0, 0.05) is 13.0 Å². The molecular weight excluding hydrogens is 156 g/mol. The Morgan fingerprint density at radius 3 is 2.67 bits per heavy atom. The Morgan fingerprint density at radius 1 is 1.17 bits per heavy atom. The van der Waals surface area contributed by atoms with E-state index in [4.69, 9.17) is 9.47 Å². The third kappa shape index (κ3) is 1.61. The molecule has 0 N–H and O–H groups in total. The van der Waals surface area contributed by atoms with Gasteiger partial charge in [-0.15, -0.1) is 0 Å². The monoisotopic (exact) mass is 170 g/mol. The first-order chi connectivity index (χ1) is 5.86. The summed E-state index contributed by atoms with van der Waals surface area (Å²) in [7, 11) is 0. The highest BCUT2D eigenvalue weighted by Gasteiger charge is 2.32. The van der Waals surface area contributed by atoms with Gasteiger partial charge in [-0.1, -0.05) is 0 Å². The van der Waals surface area contributed by atoms with Crippen LogP contribution in [-0.2, 0) is 14.3 Å². The summed E-state index contributed by atoms with van der Waals surface area (Å²) in [6.45, 7) is 0.832. The topological polar surface area (TPSA) is 35.5 Å². The molecule has 0 unspecified atom stereocenters. The Hall–Kier alpha value is -0.570. The quantitative estimate of drug-likeness (QED) is 0.556. The van der Waals surface area contributed by atoms with Gasteiger partial charge in [-0.3, -0.25) is 4.79 Å². The maximum absolute atomic E-state index is 10.8. The van der Waals surface area contributed by atoms with Gasteiger partial charge in [0.05, 0.1) is 6.10 Å². The largest absolute Gasteiger partial charge is 0.460 e. The third-order valence-corrected chi connectivity index (χ3v) is 2.55. The first-order valence-corrected chi connectivity index (χ1v) is 4.67. The summed E-state index contributed by atoms with van der Waals surface area (Å²) in [5, 5.41) is 0. The standard InChI is InChI=1S/C9H14O3/c10-9-5-4-8(12-9)7-3-1-2-6-11-7/h7-8H,1-6H2/t7-,8+/m0/s1. The molecule has 2 aliphatic heterocycles. The van der Waals surface area contributed by atoms with Crippen LogP contribution in [0.25, 0.3) is 0 Å². The van der Waals surface area contributed by atoms with Crippen molar-refractivity contribution in [2.75, 3.05) is 6.61 Å². The van der Waals surface area contributed by atoms with Crippen LogP contribution in [0.15, 0.2) is 0 Å². The van der Waals surface area contributed by atoms with Gasteiger partial charge in [0.15, 0.2) is 0 Å². The van der Waals surface area contributed by atoms with Crippen LogP contribution in [0.5, 0.6) is 0 Å². The molecule has 0 amide bonds. The molecule has 3 nitrogen and oxygen atoms in total. The molecule has 0 bridgehead atoms. The number of carbonyl (C=O) groups is 1. The number of hydrogen-bond acceptors (Lipinski definition) is 3. The van der Waals surface area contributed by atoms with Crippen molar-refractivity contribution in [3.8, 4) is 0 Å². The maximum Gasteiger partial charge on any atom is 0.306 e. The van der Waals surface area contributed by atoms with Crippen molar-refractivity contribution >= 4 is 5.97 Å². The van der Waals surface area contributed by atoms with Gasteiger partial charge in [-0.2, -0.15) is 0 Å². The average molecular weight is 170 g/mol. The summed E-state index contributed by atoms with van der Waals surface area (Å²) >= 11 is 0. The molecule has 12 heavy (non-hydrogen) atoms. The summed E-state index contributed by atoms with van der Waals surface area (Å²) in [4.78, 5) is 10.8. The van der Waals surface area contributed by atoms with Gasteiger partial charge in [-0.05, 0) is 25.7 Å². The van der Waals surface area contributed by atoms with Gasteiger partial charge < -0.3 is 9.47 Å². The molecule has 2 heterocycles. The van der Waals surface area contributed by atoms with Gasteiger partial charge in [0.1, 0.15) is 6.10 Å². The van der Waals surface area contributed by atoms with Crippen molar-refractivity contribution in [2.24, 2.45) is 0 Å². The molecular formula is C9H14O3. The molecule has 0 saturated carbocycles. The minimum Gasteiger partial charge on any atom is -0.460 e. The van der Waals surface area contributed by atoms with E-state index in [1.54, 1.807) is 0 Å². The second kappa shape index (κ2) is 3.44. The highest BCUT2D eigenvalue weighted by molar-refractivity contribution is 5.71. The van der Waals surface area contributed by atoms with Crippen LogP contribution in [0.1, 0.15) is 32.1 Å². The Kier molecular flexibility index (Phi) is 2.30. The van der Waals surface area contributed by atoms with Gasteiger partial charge in [0.2, 0.25) is 0 Å². The van der Waals surface area contributed by atoms with Crippen molar-refractivity contribution in [3.05, 3.63) is 0 Å². The molecule has 3 heteroatoms. The normalized spacial score (nSPS) is 36.5. The number of hydrogen-bond donors (Lipinski definition) is 0. The van der Waals surface area contributed by atoms with Crippen molar-refractivity contribution < 1.29 is 14.3 Å². The SMILES string of the molecule is O=C1CC[C@H]([C@@H]2CCCCO2)O1. The van der Waals surface area contributed by atoms with Crippen LogP contribution in [0.4, 0.5) is 0 Å². The number of ether oxygens (including phenoxy) is 2. The van der Waals surface area contributed by atoms with E-state index >= 15 is 0 Å². The summed E-state index contributed by atoms with van der Waals surface area (Å²) < 4.78 is 10.7. The van der Waals surface area contributed by atoms with E-state index in [2.05, 4.69) is 0 Å². The lowest BCUT2D eigenvalue weighted by atomic mass is 10.0. The fourth-order valence-electron chi connectivity index (χ4n) is 1.87. The van der Waals surface area contributed by atoms with E-state index in [1.165, 1.54) is 6.42 Å². The predicted octanol–water partition coefficient (Wildman–Crippen LogP) is 1.26. The van der Waals surface area contributed by atoms with E-state index < -0.39 is 0 Å². The van der Waals surface area contributed by atoms with E-state index in [0.717, 1.165) is 25.9 Å². The molecule has 0 spiro atoms. The third-order valence-electron chi connectivity index (χ3n) is 2.55. The van der Waals surface area contributed by atoms with Crippen molar-refractivity contribution in [3.63, 3.8) is 0 Å². The lowest BCUT2D eigenvalue weighted by Gasteiger charge is -2.26. The fraction of sp³-hybridized carbons (Fsp3) is 0.889. The first-order valence-electron chi connectivity index (χ1n) is 4.67.